The van der Waals surface area contributed by atoms with Crippen molar-refractivity contribution in [2.75, 3.05) is 0 Å². The van der Waals surface area contributed by atoms with Gasteiger partial charge in [0, 0.05) is 30.0 Å². The van der Waals surface area contributed by atoms with E-state index in [-0.39, 0.29) is 0 Å². The van der Waals surface area contributed by atoms with E-state index in [0.717, 1.165) is 42.5 Å². The molecule has 0 saturated carbocycles. The third-order valence-corrected chi connectivity index (χ3v) is 4.89. The third-order valence-electron chi connectivity index (χ3n) is 3.95. The van der Waals surface area contributed by atoms with Crippen LogP contribution in [0.1, 0.15) is 17.9 Å². The van der Waals surface area contributed by atoms with Crippen molar-refractivity contribution < 1.29 is 0 Å². The third kappa shape index (κ3) is 2.80. The van der Waals surface area contributed by atoms with E-state index < -0.39 is 0 Å². The zero-order valence-electron chi connectivity index (χ0n) is 12.1. The van der Waals surface area contributed by atoms with Crippen molar-refractivity contribution in [2.24, 2.45) is 0 Å². The Hall–Kier alpha value is -2.05. The average Bonchev–Trinajstić information content (AvgIpc) is 3.22. The summed E-state index contributed by atoms with van der Waals surface area (Å²) >= 11 is 1.70. The predicted octanol–water partition coefficient (Wildman–Crippen LogP) is 2.51. The average molecular weight is 311 g/mol. The van der Waals surface area contributed by atoms with Gasteiger partial charge in [-0.25, -0.2) is 14.6 Å². The number of rotatable bonds is 4. The maximum atomic E-state index is 4.72. The highest BCUT2D eigenvalue weighted by atomic mass is 32.1. The molecule has 1 aliphatic rings. The molecule has 0 bridgehead atoms. The van der Waals surface area contributed by atoms with Crippen LogP contribution in [0.15, 0.2) is 42.0 Å². The molecule has 1 atom stereocenters. The van der Waals surface area contributed by atoms with Crippen LogP contribution in [0.25, 0.3) is 10.6 Å². The molecule has 1 aliphatic heterocycles. The molecule has 1 aromatic carbocycles. The molecule has 3 aromatic rings. The van der Waals surface area contributed by atoms with Crippen molar-refractivity contribution in [1.82, 2.24) is 25.1 Å². The minimum absolute atomic E-state index is 0.441. The molecule has 5 nitrogen and oxygen atoms in total. The predicted molar refractivity (Wildman–Crippen MR) is 86.5 cm³/mol. The second-order valence-electron chi connectivity index (χ2n) is 5.48. The summed E-state index contributed by atoms with van der Waals surface area (Å²) in [5.41, 5.74) is 2.29. The summed E-state index contributed by atoms with van der Waals surface area (Å²) in [4.78, 5) is 8.98. The van der Waals surface area contributed by atoms with Crippen LogP contribution >= 0.6 is 11.3 Å². The molecule has 0 spiro atoms. The molecular weight excluding hydrogens is 294 g/mol. The van der Waals surface area contributed by atoms with Crippen LogP contribution in [0.3, 0.4) is 0 Å². The minimum atomic E-state index is 0.441. The van der Waals surface area contributed by atoms with Gasteiger partial charge in [-0.2, -0.15) is 5.10 Å². The summed E-state index contributed by atoms with van der Waals surface area (Å²) in [6.07, 6.45) is 3.74. The lowest BCUT2D eigenvalue weighted by atomic mass is 10.1. The van der Waals surface area contributed by atoms with Crippen LogP contribution < -0.4 is 5.32 Å². The van der Waals surface area contributed by atoms with E-state index in [2.05, 4.69) is 32.9 Å². The number of hydrogen-bond donors (Lipinski definition) is 1. The molecule has 1 N–H and O–H groups in total. The van der Waals surface area contributed by atoms with E-state index >= 15 is 0 Å². The van der Waals surface area contributed by atoms with Crippen molar-refractivity contribution in [3.8, 4) is 10.6 Å². The maximum Gasteiger partial charge on any atom is 0.138 e. The number of hydrogen-bond acceptors (Lipinski definition) is 5. The van der Waals surface area contributed by atoms with Crippen molar-refractivity contribution in [2.45, 2.75) is 32.0 Å². The van der Waals surface area contributed by atoms with Crippen LogP contribution in [0, 0.1) is 0 Å². The molecule has 2 aromatic heterocycles. The van der Waals surface area contributed by atoms with E-state index in [0.29, 0.717) is 6.04 Å². The zero-order chi connectivity index (χ0) is 14.8. The molecule has 3 heterocycles. The lowest BCUT2D eigenvalue weighted by molar-refractivity contribution is 0.357. The standard InChI is InChI=1S/C16H17N5S/c1-2-4-12(5-3-1)16-20-14(10-22-16)8-17-13-6-7-15-18-11-19-21(15)9-13/h1-5,10-11,13,17H,6-9H2/t13-/m1/s1. The number of fused-ring (bicyclic) bond motifs is 1. The van der Waals surface area contributed by atoms with Crippen LogP contribution in [0.4, 0.5) is 0 Å². The molecule has 4 rings (SSSR count). The molecule has 0 saturated heterocycles. The van der Waals surface area contributed by atoms with Crippen LogP contribution in [0.2, 0.25) is 0 Å². The molecule has 0 aliphatic carbocycles. The van der Waals surface area contributed by atoms with Crippen molar-refractivity contribution in [3.63, 3.8) is 0 Å². The van der Waals surface area contributed by atoms with Gasteiger partial charge in [-0.3, -0.25) is 0 Å². The van der Waals surface area contributed by atoms with E-state index in [9.17, 15) is 0 Å². The first kappa shape index (κ1) is 13.6. The number of aryl methyl sites for hydroxylation is 1. The van der Waals surface area contributed by atoms with E-state index in [1.165, 1.54) is 5.56 Å². The maximum absolute atomic E-state index is 4.72. The second kappa shape index (κ2) is 5.98. The van der Waals surface area contributed by atoms with Crippen molar-refractivity contribution in [3.05, 3.63) is 53.6 Å². The number of benzene rings is 1. The quantitative estimate of drug-likeness (QED) is 0.804. The van der Waals surface area contributed by atoms with Crippen LogP contribution in [-0.4, -0.2) is 25.8 Å². The Kier molecular flexibility index (Phi) is 3.70. The highest BCUT2D eigenvalue weighted by Crippen LogP contribution is 2.23. The SMILES string of the molecule is c1ccc(-c2nc(CN[C@@H]3CCc4ncnn4C3)cs2)cc1. The van der Waals surface area contributed by atoms with Crippen LogP contribution in [-0.2, 0) is 19.5 Å². The second-order valence-corrected chi connectivity index (χ2v) is 6.34. The van der Waals surface area contributed by atoms with E-state index in [1.807, 2.05) is 22.9 Å². The number of aromatic nitrogens is 4. The number of nitrogens with one attached hydrogen (secondary N) is 1. The van der Waals surface area contributed by atoms with Gasteiger partial charge in [0.25, 0.3) is 0 Å². The summed E-state index contributed by atoms with van der Waals surface area (Å²) in [5, 5.41) is 11.1. The van der Waals surface area contributed by atoms with E-state index in [4.69, 9.17) is 4.98 Å². The number of thiazole rings is 1. The topological polar surface area (TPSA) is 55.6 Å². The van der Waals surface area contributed by atoms with Gasteiger partial charge in [-0.1, -0.05) is 30.3 Å². The normalized spacial score (nSPS) is 17.4. The monoisotopic (exact) mass is 311 g/mol. The van der Waals surface area contributed by atoms with Gasteiger partial charge in [-0.05, 0) is 6.42 Å². The Labute approximate surface area is 133 Å². The minimum Gasteiger partial charge on any atom is -0.306 e. The fourth-order valence-corrected chi connectivity index (χ4v) is 3.58. The number of nitrogens with zero attached hydrogens (tertiary/aromatic N) is 4. The van der Waals surface area contributed by atoms with Gasteiger partial charge < -0.3 is 5.32 Å². The van der Waals surface area contributed by atoms with E-state index in [1.54, 1.807) is 17.7 Å². The Morgan fingerprint density at radius 2 is 2.18 bits per heavy atom. The van der Waals surface area contributed by atoms with Gasteiger partial charge in [0.1, 0.15) is 17.2 Å². The fourth-order valence-electron chi connectivity index (χ4n) is 2.75. The molecule has 0 radical (unpaired) electrons. The lowest BCUT2D eigenvalue weighted by Crippen LogP contribution is -2.37. The van der Waals surface area contributed by atoms with Crippen LogP contribution in [0.5, 0.6) is 0 Å². The molecule has 0 unspecified atom stereocenters. The molecule has 0 fully saturated rings. The first-order valence-corrected chi connectivity index (χ1v) is 8.36. The fraction of sp³-hybridized carbons (Fsp3) is 0.312. The van der Waals surface area contributed by atoms with Crippen molar-refractivity contribution in [1.29, 1.82) is 0 Å². The Morgan fingerprint density at radius 1 is 1.27 bits per heavy atom. The summed E-state index contributed by atoms with van der Waals surface area (Å²) in [5.74, 6) is 1.10. The summed E-state index contributed by atoms with van der Waals surface area (Å²) in [6, 6.07) is 10.8. The summed E-state index contributed by atoms with van der Waals surface area (Å²) < 4.78 is 2.00. The molecular formula is C16H17N5S. The molecule has 22 heavy (non-hydrogen) atoms. The summed E-state index contributed by atoms with van der Waals surface area (Å²) in [7, 11) is 0. The first-order valence-electron chi connectivity index (χ1n) is 7.48. The molecule has 6 heteroatoms. The Morgan fingerprint density at radius 3 is 3.09 bits per heavy atom. The highest BCUT2D eigenvalue weighted by molar-refractivity contribution is 7.13. The first-order chi connectivity index (χ1) is 10.9. The lowest BCUT2D eigenvalue weighted by Gasteiger charge is -2.23. The Bertz CT molecular complexity index is 749. The zero-order valence-corrected chi connectivity index (χ0v) is 13.0. The van der Waals surface area contributed by atoms with Crippen molar-refractivity contribution >= 4 is 11.3 Å². The van der Waals surface area contributed by atoms with Gasteiger partial charge in [0.15, 0.2) is 0 Å². The summed E-state index contributed by atoms with van der Waals surface area (Å²) in [6.45, 7) is 1.70. The highest BCUT2D eigenvalue weighted by Gasteiger charge is 2.19. The smallest absolute Gasteiger partial charge is 0.138 e. The van der Waals surface area contributed by atoms with Gasteiger partial charge in [0.2, 0.25) is 0 Å². The van der Waals surface area contributed by atoms with Gasteiger partial charge >= 0.3 is 0 Å². The molecule has 112 valence electrons. The van der Waals surface area contributed by atoms with Gasteiger partial charge in [0.05, 0.1) is 12.2 Å². The van der Waals surface area contributed by atoms with Gasteiger partial charge in [-0.15, -0.1) is 11.3 Å². The Balaban J connectivity index is 1.38. The molecule has 0 amide bonds. The largest absolute Gasteiger partial charge is 0.306 e.